The summed E-state index contributed by atoms with van der Waals surface area (Å²) in [5, 5.41) is 6.08. The molecule has 0 aromatic rings. The molecule has 0 unspecified atom stereocenters. The SMILES string of the molecule is CCCCCCCCCCCCCCCC(=O)NCCCCNC(=O)CCCCCCCCCCCCCCC. The first-order valence-electron chi connectivity index (χ1n) is 18.2. The summed E-state index contributed by atoms with van der Waals surface area (Å²) in [7, 11) is 0. The molecule has 0 saturated heterocycles. The maximum absolute atomic E-state index is 12.0. The Bertz CT molecular complexity index is 477. The number of carbonyl (C=O) groups is 2. The fraction of sp³-hybridized carbons (Fsp3) is 0.944. The van der Waals surface area contributed by atoms with E-state index >= 15 is 0 Å². The van der Waals surface area contributed by atoms with Crippen LogP contribution in [0.4, 0.5) is 0 Å². The van der Waals surface area contributed by atoms with Gasteiger partial charge in [-0.3, -0.25) is 9.59 Å². The lowest BCUT2D eigenvalue weighted by atomic mass is 10.0. The molecular formula is C36H72N2O2. The van der Waals surface area contributed by atoms with Crippen LogP contribution in [0.5, 0.6) is 0 Å². The van der Waals surface area contributed by atoms with Crippen molar-refractivity contribution in [1.29, 1.82) is 0 Å². The van der Waals surface area contributed by atoms with Gasteiger partial charge in [0.05, 0.1) is 0 Å². The number of amides is 2. The van der Waals surface area contributed by atoms with Crippen molar-refractivity contribution in [3.8, 4) is 0 Å². The maximum atomic E-state index is 12.0. The van der Waals surface area contributed by atoms with Crippen molar-refractivity contribution in [1.82, 2.24) is 10.6 Å². The molecule has 0 aromatic carbocycles. The van der Waals surface area contributed by atoms with Crippen LogP contribution in [0.15, 0.2) is 0 Å². The van der Waals surface area contributed by atoms with E-state index < -0.39 is 0 Å². The molecule has 0 radical (unpaired) electrons. The van der Waals surface area contributed by atoms with E-state index in [1.807, 2.05) is 0 Å². The highest BCUT2D eigenvalue weighted by molar-refractivity contribution is 5.76. The standard InChI is InChI=1S/C36H72N2O2/c1-3-5-7-9-11-13-15-17-19-21-23-25-27-31-35(39)37-33-29-30-34-38-36(40)32-28-26-24-22-20-18-16-14-12-10-8-6-4-2/h3-34H2,1-2H3,(H,37,39)(H,38,40). The van der Waals surface area contributed by atoms with E-state index in [2.05, 4.69) is 24.5 Å². The van der Waals surface area contributed by atoms with E-state index in [1.165, 1.54) is 154 Å². The Balaban J connectivity index is 3.26. The second kappa shape index (κ2) is 34.1. The lowest BCUT2D eigenvalue weighted by Crippen LogP contribution is -2.27. The summed E-state index contributed by atoms with van der Waals surface area (Å²) < 4.78 is 0. The van der Waals surface area contributed by atoms with Gasteiger partial charge in [0.1, 0.15) is 0 Å². The summed E-state index contributed by atoms with van der Waals surface area (Å²) in [5.41, 5.74) is 0. The second-order valence-corrected chi connectivity index (χ2v) is 12.4. The van der Waals surface area contributed by atoms with Gasteiger partial charge in [-0.25, -0.2) is 0 Å². The van der Waals surface area contributed by atoms with E-state index in [4.69, 9.17) is 0 Å². The van der Waals surface area contributed by atoms with Crippen LogP contribution < -0.4 is 10.6 Å². The Kier molecular flexibility index (Phi) is 33.2. The summed E-state index contributed by atoms with van der Waals surface area (Å²) in [5.74, 6) is 0.379. The highest BCUT2D eigenvalue weighted by Crippen LogP contribution is 2.14. The molecule has 0 aromatic heterocycles. The van der Waals surface area contributed by atoms with Gasteiger partial charge in [-0.05, 0) is 25.7 Å². The molecule has 4 heteroatoms. The van der Waals surface area contributed by atoms with Crippen LogP contribution in [-0.4, -0.2) is 24.9 Å². The highest BCUT2D eigenvalue weighted by Gasteiger charge is 2.03. The number of hydrogen-bond acceptors (Lipinski definition) is 2. The average Bonchev–Trinajstić information content (AvgIpc) is 2.95. The largest absolute Gasteiger partial charge is 0.356 e. The van der Waals surface area contributed by atoms with Crippen molar-refractivity contribution < 1.29 is 9.59 Å². The van der Waals surface area contributed by atoms with Crippen LogP contribution in [0.3, 0.4) is 0 Å². The van der Waals surface area contributed by atoms with Crippen molar-refractivity contribution in [2.75, 3.05) is 13.1 Å². The number of rotatable bonds is 33. The van der Waals surface area contributed by atoms with Gasteiger partial charge in [-0.15, -0.1) is 0 Å². The van der Waals surface area contributed by atoms with Crippen LogP contribution in [0.2, 0.25) is 0 Å². The predicted molar refractivity (Wildman–Crippen MR) is 176 cm³/mol. The monoisotopic (exact) mass is 565 g/mol. The second-order valence-electron chi connectivity index (χ2n) is 12.4. The molecule has 0 atom stereocenters. The van der Waals surface area contributed by atoms with E-state index in [1.54, 1.807) is 0 Å². The summed E-state index contributed by atoms with van der Waals surface area (Å²) in [6.45, 7) is 6.01. The topological polar surface area (TPSA) is 58.2 Å². The van der Waals surface area contributed by atoms with Gasteiger partial charge in [0.25, 0.3) is 0 Å². The zero-order valence-electron chi connectivity index (χ0n) is 27.4. The smallest absolute Gasteiger partial charge is 0.219 e. The molecule has 0 bridgehead atoms. The van der Waals surface area contributed by atoms with Crippen LogP contribution in [0, 0.1) is 0 Å². The number of unbranched alkanes of at least 4 members (excludes halogenated alkanes) is 25. The number of nitrogens with one attached hydrogen (secondary N) is 2. The Morgan fingerprint density at radius 2 is 0.550 bits per heavy atom. The van der Waals surface area contributed by atoms with E-state index in [0.717, 1.165) is 38.8 Å². The van der Waals surface area contributed by atoms with Gasteiger partial charge >= 0.3 is 0 Å². The molecule has 0 aliphatic rings. The van der Waals surface area contributed by atoms with Gasteiger partial charge in [0, 0.05) is 25.9 Å². The molecule has 40 heavy (non-hydrogen) atoms. The van der Waals surface area contributed by atoms with E-state index in [0.29, 0.717) is 12.8 Å². The lowest BCUT2D eigenvalue weighted by molar-refractivity contribution is -0.122. The molecule has 0 spiro atoms. The third kappa shape index (κ3) is 33.1. The Morgan fingerprint density at radius 1 is 0.325 bits per heavy atom. The van der Waals surface area contributed by atoms with Crippen molar-refractivity contribution in [2.45, 2.75) is 206 Å². The van der Waals surface area contributed by atoms with Gasteiger partial charge in [-0.2, -0.15) is 0 Å². The average molecular weight is 565 g/mol. The predicted octanol–water partition coefficient (Wildman–Crippen LogP) is 11.0. The van der Waals surface area contributed by atoms with Crippen molar-refractivity contribution in [2.24, 2.45) is 0 Å². The summed E-state index contributed by atoms with van der Waals surface area (Å²) in [4.78, 5) is 24.0. The summed E-state index contributed by atoms with van der Waals surface area (Å²) in [6, 6.07) is 0. The van der Waals surface area contributed by atoms with Crippen LogP contribution in [-0.2, 0) is 9.59 Å². The van der Waals surface area contributed by atoms with Crippen molar-refractivity contribution >= 4 is 11.8 Å². The molecule has 0 saturated carbocycles. The third-order valence-electron chi connectivity index (χ3n) is 8.26. The Hall–Kier alpha value is -1.06. The fourth-order valence-electron chi connectivity index (χ4n) is 5.49. The molecule has 2 N–H and O–H groups in total. The van der Waals surface area contributed by atoms with Gasteiger partial charge in [-0.1, -0.05) is 168 Å². The molecule has 0 heterocycles. The molecule has 238 valence electrons. The molecule has 0 aliphatic heterocycles. The quantitative estimate of drug-likeness (QED) is 0.0779. The first kappa shape index (κ1) is 38.9. The van der Waals surface area contributed by atoms with Gasteiger partial charge in [0.2, 0.25) is 11.8 Å². The number of hydrogen-bond donors (Lipinski definition) is 2. The first-order valence-corrected chi connectivity index (χ1v) is 18.2. The van der Waals surface area contributed by atoms with Crippen LogP contribution in [0.25, 0.3) is 0 Å². The highest BCUT2D eigenvalue weighted by atomic mass is 16.2. The number of carbonyl (C=O) groups excluding carboxylic acids is 2. The van der Waals surface area contributed by atoms with Gasteiger partial charge in [0.15, 0.2) is 0 Å². The fourth-order valence-corrected chi connectivity index (χ4v) is 5.49. The van der Waals surface area contributed by atoms with Crippen molar-refractivity contribution in [3.05, 3.63) is 0 Å². The normalized spacial score (nSPS) is 11.2. The molecule has 0 fully saturated rings. The first-order chi connectivity index (χ1) is 19.7. The minimum Gasteiger partial charge on any atom is -0.356 e. The Labute approximate surface area is 251 Å². The van der Waals surface area contributed by atoms with Gasteiger partial charge < -0.3 is 10.6 Å². The minimum absolute atomic E-state index is 0.189. The molecule has 0 aliphatic carbocycles. The van der Waals surface area contributed by atoms with Crippen molar-refractivity contribution in [3.63, 3.8) is 0 Å². The summed E-state index contributed by atoms with van der Waals surface area (Å²) in [6.07, 6.45) is 37.8. The Morgan fingerprint density at radius 3 is 0.800 bits per heavy atom. The lowest BCUT2D eigenvalue weighted by Gasteiger charge is -2.07. The van der Waals surface area contributed by atoms with E-state index in [9.17, 15) is 9.59 Å². The third-order valence-corrected chi connectivity index (χ3v) is 8.26. The maximum Gasteiger partial charge on any atom is 0.219 e. The zero-order valence-corrected chi connectivity index (χ0v) is 27.4. The molecular weight excluding hydrogens is 492 g/mol. The van der Waals surface area contributed by atoms with E-state index in [-0.39, 0.29) is 11.8 Å². The zero-order chi connectivity index (χ0) is 29.2. The van der Waals surface area contributed by atoms with Crippen LogP contribution >= 0.6 is 0 Å². The molecule has 0 rings (SSSR count). The summed E-state index contributed by atoms with van der Waals surface area (Å²) >= 11 is 0. The minimum atomic E-state index is 0.189. The van der Waals surface area contributed by atoms with Crippen LogP contribution in [0.1, 0.15) is 206 Å². The molecule has 2 amide bonds. The molecule has 4 nitrogen and oxygen atoms in total.